The van der Waals surface area contributed by atoms with Gasteiger partial charge >= 0.3 is 0 Å². The van der Waals surface area contributed by atoms with Crippen LogP contribution in [0.3, 0.4) is 0 Å². The Balaban J connectivity index is 2.33. The van der Waals surface area contributed by atoms with Crippen LogP contribution in [-0.2, 0) is 26.4 Å². The van der Waals surface area contributed by atoms with Crippen LogP contribution in [0.4, 0.5) is 0 Å². The predicted octanol–water partition coefficient (Wildman–Crippen LogP) is 0.479. The number of nitrogens with one attached hydrogen (secondary N) is 1. The zero-order valence-corrected chi connectivity index (χ0v) is 13.9. The highest BCUT2D eigenvalue weighted by Gasteiger charge is 2.32. The molecule has 9 heteroatoms. The minimum Gasteiger partial charge on any atom is -0.316 e. The van der Waals surface area contributed by atoms with Crippen LogP contribution in [-0.4, -0.2) is 52.8 Å². The highest BCUT2D eigenvalue weighted by Crippen LogP contribution is 2.26. The second-order valence-electron chi connectivity index (χ2n) is 4.85. The van der Waals surface area contributed by atoms with Gasteiger partial charge in [0, 0.05) is 19.6 Å². The fourth-order valence-corrected chi connectivity index (χ4v) is 5.53. The van der Waals surface area contributed by atoms with E-state index >= 15 is 0 Å². The molecule has 118 valence electrons. The zero-order valence-electron chi connectivity index (χ0n) is 11.5. The van der Waals surface area contributed by atoms with E-state index in [0.717, 1.165) is 5.56 Å². The lowest BCUT2D eigenvalue weighted by molar-refractivity contribution is 0.430. The van der Waals surface area contributed by atoms with Crippen LogP contribution in [0, 0.1) is 0 Å². The van der Waals surface area contributed by atoms with Crippen molar-refractivity contribution in [2.24, 2.45) is 0 Å². The molecule has 1 heterocycles. The van der Waals surface area contributed by atoms with Gasteiger partial charge in [0.05, 0.1) is 16.5 Å². The van der Waals surface area contributed by atoms with E-state index in [0.29, 0.717) is 6.54 Å². The fourth-order valence-electron chi connectivity index (χ4n) is 2.13. The number of hydrogen-bond acceptors (Lipinski definition) is 5. The number of benzene rings is 1. The predicted molar refractivity (Wildman–Crippen MR) is 81.6 cm³/mol. The lowest BCUT2D eigenvalue weighted by Gasteiger charge is -2.26. The molecule has 0 aromatic heterocycles. The van der Waals surface area contributed by atoms with Crippen LogP contribution in [0.1, 0.15) is 5.56 Å². The van der Waals surface area contributed by atoms with Crippen LogP contribution in [0.25, 0.3) is 0 Å². The quantitative estimate of drug-likeness (QED) is 0.852. The van der Waals surface area contributed by atoms with E-state index in [4.69, 9.17) is 11.6 Å². The maximum Gasteiger partial charge on any atom is 0.244 e. The molecule has 0 aliphatic carbocycles. The van der Waals surface area contributed by atoms with E-state index in [9.17, 15) is 16.8 Å². The van der Waals surface area contributed by atoms with Crippen molar-refractivity contribution in [2.75, 3.05) is 31.6 Å². The summed E-state index contributed by atoms with van der Waals surface area (Å²) in [6, 6.07) is 4.82. The van der Waals surface area contributed by atoms with Crippen LogP contribution in [0.15, 0.2) is 23.1 Å². The summed E-state index contributed by atoms with van der Waals surface area (Å²) in [5.41, 5.74) is 0.796. The Kier molecular flexibility index (Phi) is 4.94. The van der Waals surface area contributed by atoms with E-state index in [1.54, 1.807) is 19.2 Å². The Morgan fingerprint density at radius 3 is 2.48 bits per heavy atom. The standard InChI is InChI=1S/C12H17ClN2O4S2/c1-14-9-10-2-3-11(13)12(8-10)21(18,19)15-4-6-20(16,17)7-5-15/h2-3,8,14H,4-7,9H2,1H3. The van der Waals surface area contributed by atoms with Gasteiger partial charge in [-0.2, -0.15) is 4.31 Å². The molecule has 1 fully saturated rings. The maximum absolute atomic E-state index is 12.6. The molecule has 1 aromatic carbocycles. The van der Waals surface area contributed by atoms with Crippen molar-refractivity contribution >= 4 is 31.5 Å². The number of hydrogen-bond donors (Lipinski definition) is 1. The summed E-state index contributed by atoms with van der Waals surface area (Å²) in [5.74, 6) is -0.305. The highest BCUT2D eigenvalue weighted by molar-refractivity contribution is 7.92. The topological polar surface area (TPSA) is 83.6 Å². The molecular formula is C12H17ClN2O4S2. The third kappa shape index (κ3) is 3.75. The van der Waals surface area contributed by atoms with Crippen molar-refractivity contribution in [3.05, 3.63) is 28.8 Å². The SMILES string of the molecule is CNCc1ccc(Cl)c(S(=O)(=O)N2CCS(=O)(=O)CC2)c1. The summed E-state index contributed by atoms with van der Waals surface area (Å²) in [5, 5.41) is 3.08. The lowest BCUT2D eigenvalue weighted by atomic mass is 10.2. The van der Waals surface area contributed by atoms with Crippen LogP contribution in [0.5, 0.6) is 0 Å². The van der Waals surface area contributed by atoms with Gasteiger partial charge < -0.3 is 5.32 Å². The summed E-state index contributed by atoms with van der Waals surface area (Å²) < 4.78 is 49.2. The van der Waals surface area contributed by atoms with E-state index < -0.39 is 19.9 Å². The summed E-state index contributed by atoms with van der Waals surface area (Å²) in [7, 11) is -5.15. The van der Waals surface area contributed by atoms with E-state index in [2.05, 4.69) is 5.32 Å². The van der Waals surface area contributed by atoms with Gasteiger partial charge in [-0.05, 0) is 24.7 Å². The summed E-state index contributed by atoms with van der Waals surface area (Å²) in [6.07, 6.45) is 0. The minimum absolute atomic E-state index is 0.0243. The van der Waals surface area contributed by atoms with Crippen LogP contribution < -0.4 is 5.32 Å². The summed E-state index contributed by atoms with van der Waals surface area (Å²) >= 11 is 6.01. The van der Waals surface area contributed by atoms with Crippen molar-refractivity contribution in [3.8, 4) is 0 Å². The molecule has 21 heavy (non-hydrogen) atoms. The lowest BCUT2D eigenvalue weighted by Crippen LogP contribution is -2.43. The zero-order chi connectivity index (χ0) is 15.7. The van der Waals surface area contributed by atoms with Crippen LogP contribution >= 0.6 is 11.6 Å². The molecule has 0 amide bonds. The van der Waals surface area contributed by atoms with Crippen molar-refractivity contribution < 1.29 is 16.8 Å². The van der Waals surface area contributed by atoms with Crippen molar-refractivity contribution in [2.45, 2.75) is 11.4 Å². The number of sulfone groups is 1. The summed E-state index contributed by atoms with van der Waals surface area (Å²) in [4.78, 5) is 0.0243. The molecule has 6 nitrogen and oxygen atoms in total. The molecule has 0 saturated carbocycles. The molecule has 0 radical (unpaired) electrons. The molecule has 0 unspecified atom stereocenters. The first-order valence-electron chi connectivity index (χ1n) is 6.40. The summed E-state index contributed by atoms with van der Waals surface area (Å²) in [6.45, 7) is 0.461. The van der Waals surface area contributed by atoms with Gasteiger partial charge in [0.1, 0.15) is 4.90 Å². The van der Waals surface area contributed by atoms with Gasteiger partial charge in [0.15, 0.2) is 9.84 Å². The van der Waals surface area contributed by atoms with Crippen LogP contribution in [0.2, 0.25) is 5.02 Å². The van der Waals surface area contributed by atoms with Gasteiger partial charge in [-0.25, -0.2) is 16.8 Å². The number of nitrogens with zero attached hydrogens (tertiary/aromatic N) is 1. The number of halogens is 1. The second kappa shape index (κ2) is 6.21. The van der Waals surface area contributed by atoms with Gasteiger partial charge in [-0.3, -0.25) is 0 Å². The molecule has 1 aliphatic heterocycles. The van der Waals surface area contributed by atoms with Gasteiger partial charge in [-0.1, -0.05) is 17.7 Å². The molecule has 0 bridgehead atoms. The third-order valence-electron chi connectivity index (χ3n) is 3.30. The van der Waals surface area contributed by atoms with E-state index in [1.165, 1.54) is 10.4 Å². The molecular weight excluding hydrogens is 336 g/mol. The average Bonchev–Trinajstić information content (AvgIpc) is 2.40. The first kappa shape index (κ1) is 16.7. The molecule has 1 aliphatic rings. The van der Waals surface area contributed by atoms with Crippen molar-refractivity contribution in [1.82, 2.24) is 9.62 Å². The van der Waals surface area contributed by atoms with Crippen molar-refractivity contribution in [3.63, 3.8) is 0 Å². The van der Waals surface area contributed by atoms with Crippen molar-refractivity contribution in [1.29, 1.82) is 0 Å². The first-order valence-corrected chi connectivity index (χ1v) is 10.0. The Hall–Kier alpha value is -0.670. The molecule has 1 saturated heterocycles. The van der Waals surface area contributed by atoms with Gasteiger partial charge in [-0.15, -0.1) is 0 Å². The Labute approximate surface area is 130 Å². The molecule has 0 atom stereocenters. The fraction of sp³-hybridized carbons (Fsp3) is 0.500. The Morgan fingerprint density at radius 1 is 1.29 bits per heavy atom. The maximum atomic E-state index is 12.6. The van der Waals surface area contributed by atoms with E-state index in [1.807, 2.05) is 0 Å². The number of rotatable bonds is 4. The first-order chi connectivity index (χ1) is 9.76. The van der Waals surface area contributed by atoms with Gasteiger partial charge in [0.2, 0.25) is 10.0 Å². The third-order valence-corrected chi connectivity index (χ3v) is 7.29. The second-order valence-corrected chi connectivity index (χ2v) is 9.47. The normalized spacial score (nSPS) is 19.5. The highest BCUT2D eigenvalue weighted by atomic mass is 35.5. The van der Waals surface area contributed by atoms with Gasteiger partial charge in [0.25, 0.3) is 0 Å². The average molecular weight is 353 g/mol. The Bertz CT molecular complexity index is 718. The Morgan fingerprint density at radius 2 is 1.90 bits per heavy atom. The minimum atomic E-state index is -3.77. The monoisotopic (exact) mass is 352 g/mol. The molecule has 1 N–H and O–H groups in total. The largest absolute Gasteiger partial charge is 0.316 e. The molecule has 1 aromatic rings. The van der Waals surface area contributed by atoms with E-state index in [-0.39, 0.29) is 34.5 Å². The smallest absolute Gasteiger partial charge is 0.244 e. The number of sulfonamides is 1. The molecule has 2 rings (SSSR count). The molecule has 0 spiro atoms.